The predicted molar refractivity (Wildman–Crippen MR) is 74.2 cm³/mol. The van der Waals surface area contributed by atoms with Gasteiger partial charge in [0.2, 0.25) is 0 Å². The van der Waals surface area contributed by atoms with Crippen molar-refractivity contribution < 1.29 is 4.39 Å². The van der Waals surface area contributed by atoms with E-state index in [2.05, 4.69) is 30.3 Å². The molecule has 1 N–H and O–H groups in total. The molecule has 1 aromatic carbocycles. The first kappa shape index (κ1) is 13.7. The summed E-state index contributed by atoms with van der Waals surface area (Å²) in [7, 11) is 1.95. The number of hydrogen-bond acceptors (Lipinski definition) is 2. The van der Waals surface area contributed by atoms with E-state index in [0.717, 1.165) is 23.5 Å². The van der Waals surface area contributed by atoms with Crippen molar-refractivity contribution >= 4 is 0 Å². The van der Waals surface area contributed by atoms with E-state index >= 15 is 0 Å². The standard InChI is InChI=1S/C15H20FN3/c1-11(2)15-8-14(19(3)18-15)10-17-9-12-5-4-6-13(16)7-12/h4-8,11,17H,9-10H2,1-3H3. The lowest BCUT2D eigenvalue weighted by Gasteiger charge is -2.05. The maximum atomic E-state index is 13.0. The van der Waals surface area contributed by atoms with Crippen molar-refractivity contribution in [3.8, 4) is 0 Å². The number of hydrogen-bond donors (Lipinski definition) is 1. The third-order valence-corrected chi connectivity index (χ3v) is 3.11. The normalized spacial score (nSPS) is 11.2. The van der Waals surface area contributed by atoms with E-state index in [1.54, 1.807) is 12.1 Å². The Balaban J connectivity index is 1.92. The van der Waals surface area contributed by atoms with Gasteiger partial charge in [0.15, 0.2) is 0 Å². The molecule has 102 valence electrons. The Hall–Kier alpha value is -1.68. The summed E-state index contributed by atoms with van der Waals surface area (Å²) < 4.78 is 14.9. The molecule has 19 heavy (non-hydrogen) atoms. The van der Waals surface area contributed by atoms with Gasteiger partial charge in [-0.1, -0.05) is 26.0 Å². The first-order valence-corrected chi connectivity index (χ1v) is 6.54. The number of aromatic nitrogens is 2. The first-order chi connectivity index (χ1) is 9.06. The summed E-state index contributed by atoms with van der Waals surface area (Å²) in [6.07, 6.45) is 0. The third kappa shape index (κ3) is 3.64. The number of aryl methyl sites for hydroxylation is 1. The molecule has 0 spiro atoms. The van der Waals surface area contributed by atoms with Crippen LogP contribution in [-0.2, 0) is 20.1 Å². The Bertz CT molecular complexity index is 546. The van der Waals surface area contributed by atoms with Gasteiger partial charge in [-0.05, 0) is 29.7 Å². The topological polar surface area (TPSA) is 29.9 Å². The molecular formula is C15H20FN3. The molecule has 0 saturated carbocycles. The molecule has 0 aliphatic carbocycles. The molecule has 0 amide bonds. The maximum Gasteiger partial charge on any atom is 0.123 e. The van der Waals surface area contributed by atoms with Gasteiger partial charge in [0, 0.05) is 20.1 Å². The molecule has 0 fully saturated rings. The molecule has 0 atom stereocenters. The van der Waals surface area contributed by atoms with Gasteiger partial charge >= 0.3 is 0 Å². The van der Waals surface area contributed by atoms with Crippen molar-refractivity contribution in [1.29, 1.82) is 0 Å². The molecule has 1 heterocycles. The number of halogens is 1. The SMILES string of the molecule is CC(C)c1cc(CNCc2cccc(F)c2)n(C)n1. The molecule has 0 aliphatic heterocycles. The molecule has 0 bridgehead atoms. The van der Waals surface area contributed by atoms with Crippen LogP contribution in [-0.4, -0.2) is 9.78 Å². The van der Waals surface area contributed by atoms with Gasteiger partial charge in [0.1, 0.15) is 5.82 Å². The molecule has 2 aromatic rings. The summed E-state index contributed by atoms with van der Waals surface area (Å²) in [5, 5.41) is 7.78. The van der Waals surface area contributed by atoms with Gasteiger partial charge in [-0.2, -0.15) is 5.10 Å². The Morgan fingerprint density at radius 2 is 2.05 bits per heavy atom. The van der Waals surface area contributed by atoms with Crippen molar-refractivity contribution in [2.24, 2.45) is 7.05 Å². The van der Waals surface area contributed by atoms with Gasteiger partial charge in [-0.15, -0.1) is 0 Å². The highest BCUT2D eigenvalue weighted by Crippen LogP contribution is 2.13. The number of nitrogens with zero attached hydrogens (tertiary/aromatic N) is 2. The fourth-order valence-electron chi connectivity index (χ4n) is 1.96. The van der Waals surface area contributed by atoms with Crippen LogP contribution in [0.3, 0.4) is 0 Å². The van der Waals surface area contributed by atoms with Crippen molar-refractivity contribution in [3.05, 3.63) is 53.1 Å². The summed E-state index contributed by atoms with van der Waals surface area (Å²) in [4.78, 5) is 0. The van der Waals surface area contributed by atoms with Crippen molar-refractivity contribution in [1.82, 2.24) is 15.1 Å². The second-order valence-corrected chi connectivity index (χ2v) is 5.07. The van der Waals surface area contributed by atoms with Crippen molar-refractivity contribution in [2.45, 2.75) is 32.9 Å². The fraction of sp³-hybridized carbons (Fsp3) is 0.400. The summed E-state index contributed by atoms with van der Waals surface area (Å²) in [6.45, 7) is 5.64. The summed E-state index contributed by atoms with van der Waals surface area (Å²) in [5.41, 5.74) is 3.19. The first-order valence-electron chi connectivity index (χ1n) is 6.54. The molecule has 4 heteroatoms. The zero-order valence-electron chi connectivity index (χ0n) is 11.7. The minimum atomic E-state index is -0.193. The van der Waals surface area contributed by atoms with Gasteiger partial charge < -0.3 is 5.32 Å². The van der Waals surface area contributed by atoms with Crippen LogP contribution in [0.2, 0.25) is 0 Å². The quantitative estimate of drug-likeness (QED) is 0.896. The zero-order chi connectivity index (χ0) is 13.8. The maximum absolute atomic E-state index is 13.0. The summed E-state index contributed by atoms with van der Waals surface area (Å²) in [6, 6.07) is 8.77. The van der Waals surface area contributed by atoms with Crippen LogP contribution in [0, 0.1) is 5.82 Å². The number of rotatable bonds is 5. The minimum absolute atomic E-state index is 0.193. The van der Waals surface area contributed by atoms with E-state index in [4.69, 9.17) is 0 Å². The molecule has 0 aliphatic rings. The highest BCUT2D eigenvalue weighted by molar-refractivity contribution is 5.17. The Morgan fingerprint density at radius 3 is 2.68 bits per heavy atom. The van der Waals surface area contributed by atoms with Crippen molar-refractivity contribution in [2.75, 3.05) is 0 Å². The summed E-state index contributed by atoms with van der Waals surface area (Å²) in [5.74, 6) is 0.241. The molecule has 1 aromatic heterocycles. The highest BCUT2D eigenvalue weighted by Gasteiger charge is 2.07. The van der Waals surface area contributed by atoms with E-state index in [-0.39, 0.29) is 5.82 Å². The van der Waals surface area contributed by atoms with E-state index in [9.17, 15) is 4.39 Å². The lowest BCUT2D eigenvalue weighted by Crippen LogP contribution is -2.15. The Kier molecular flexibility index (Phi) is 4.32. The number of benzene rings is 1. The van der Waals surface area contributed by atoms with E-state index in [1.807, 2.05) is 17.8 Å². The van der Waals surface area contributed by atoms with Crippen LogP contribution in [0.25, 0.3) is 0 Å². The van der Waals surface area contributed by atoms with E-state index in [1.165, 1.54) is 6.07 Å². The summed E-state index contributed by atoms with van der Waals surface area (Å²) >= 11 is 0. The van der Waals surface area contributed by atoms with Crippen molar-refractivity contribution in [3.63, 3.8) is 0 Å². The lowest BCUT2D eigenvalue weighted by molar-refractivity contribution is 0.607. The van der Waals surface area contributed by atoms with E-state index < -0.39 is 0 Å². The fourth-order valence-corrected chi connectivity index (χ4v) is 1.96. The zero-order valence-corrected chi connectivity index (χ0v) is 11.7. The van der Waals surface area contributed by atoms with Gasteiger partial charge in [0.05, 0.1) is 11.4 Å². The Labute approximate surface area is 113 Å². The average molecular weight is 261 g/mol. The minimum Gasteiger partial charge on any atom is -0.307 e. The third-order valence-electron chi connectivity index (χ3n) is 3.11. The smallest absolute Gasteiger partial charge is 0.123 e. The molecule has 0 radical (unpaired) electrons. The Morgan fingerprint density at radius 1 is 1.26 bits per heavy atom. The average Bonchev–Trinajstić information content (AvgIpc) is 2.71. The molecular weight excluding hydrogens is 241 g/mol. The van der Waals surface area contributed by atoms with Crippen LogP contribution in [0.1, 0.15) is 36.7 Å². The van der Waals surface area contributed by atoms with Crippen LogP contribution in [0.4, 0.5) is 4.39 Å². The number of nitrogens with one attached hydrogen (secondary N) is 1. The van der Waals surface area contributed by atoms with E-state index in [0.29, 0.717) is 12.5 Å². The van der Waals surface area contributed by atoms with Gasteiger partial charge in [-0.3, -0.25) is 4.68 Å². The van der Waals surface area contributed by atoms with Gasteiger partial charge in [0.25, 0.3) is 0 Å². The van der Waals surface area contributed by atoms with Gasteiger partial charge in [-0.25, -0.2) is 4.39 Å². The predicted octanol–water partition coefficient (Wildman–Crippen LogP) is 2.97. The van der Waals surface area contributed by atoms with Crippen LogP contribution in [0.15, 0.2) is 30.3 Å². The monoisotopic (exact) mass is 261 g/mol. The second-order valence-electron chi connectivity index (χ2n) is 5.07. The van der Waals surface area contributed by atoms with Crippen LogP contribution < -0.4 is 5.32 Å². The second kappa shape index (κ2) is 5.97. The molecule has 0 saturated heterocycles. The molecule has 0 unspecified atom stereocenters. The highest BCUT2D eigenvalue weighted by atomic mass is 19.1. The van der Waals surface area contributed by atoms with Crippen LogP contribution in [0.5, 0.6) is 0 Å². The largest absolute Gasteiger partial charge is 0.307 e. The molecule has 2 rings (SSSR count). The van der Waals surface area contributed by atoms with Crippen LogP contribution >= 0.6 is 0 Å². The lowest BCUT2D eigenvalue weighted by atomic mass is 10.1. The molecule has 3 nitrogen and oxygen atoms in total.